The van der Waals surface area contributed by atoms with Gasteiger partial charge in [-0.15, -0.1) is 11.3 Å². The molecule has 0 fully saturated rings. The van der Waals surface area contributed by atoms with Crippen molar-refractivity contribution in [2.75, 3.05) is 19.1 Å². The number of nitrogens with zero attached hydrogens (tertiary/aromatic N) is 2. The largest absolute Gasteiger partial charge is 0.465 e. The number of ether oxygens (including phenoxy) is 1. The molecule has 0 unspecified atom stereocenters. The molecule has 0 saturated carbocycles. The minimum absolute atomic E-state index is 0.362. The van der Waals surface area contributed by atoms with Gasteiger partial charge in [-0.25, -0.2) is 4.79 Å². The third-order valence-electron chi connectivity index (χ3n) is 4.55. The molecule has 1 amide bonds. The lowest BCUT2D eigenvalue weighted by atomic mass is 10.2. The van der Waals surface area contributed by atoms with Gasteiger partial charge in [-0.1, -0.05) is 41.1 Å². The molecular formula is C21H17ClN2O3S3. The van der Waals surface area contributed by atoms with E-state index in [0.29, 0.717) is 26.8 Å². The van der Waals surface area contributed by atoms with Crippen molar-refractivity contribution in [2.45, 2.75) is 6.54 Å². The van der Waals surface area contributed by atoms with Gasteiger partial charge in [-0.3, -0.25) is 4.79 Å². The van der Waals surface area contributed by atoms with E-state index in [-0.39, 0.29) is 5.91 Å². The average molecular weight is 477 g/mol. The van der Waals surface area contributed by atoms with E-state index in [1.165, 1.54) is 29.8 Å². The van der Waals surface area contributed by atoms with Crippen molar-refractivity contribution in [1.82, 2.24) is 4.57 Å². The van der Waals surface area contributed by atoms with Gasteiger partial charge in [-0.2, -0.15) is 16.8 Å². The molecule has 4 aromatic rings. The van der Waals surface area contributed by atoms with E-state index in [2.05, 4.69) is 4.99 Å². The van der Waals surface area contributed by atoms with Gasteiger partial charge in [0.25, 0.3) is 5.91 Å². The third kappa shape index (κ3) is 3.92. The number of carbonyl (C=O) groups is 2. The molecule has 5 nitrogen and oxygen atoms in total. The number of hydrogen-bond donors (Lipinski definition) is 0. The van der Waals surface area contributed by atoms with Crippen LogP contribution in [0.3, 0.4) is 0 Å². The fraction of sp³-hybridized carbons (Fsp3) is 0.190. The van der Waals surface area contributed by atoms with Crippen LogP contribution in [0.1, 0.15) is 20.0 Å². The fourth-order valence-corrected chi connectivity index (χ4v) is 5.95. The molecule has 154 valence electrons. The fourth-order valence-electron chi connectivity index (χ4n) is 3.09. The first-order valence-corrected chi connectivity index (χ1v) is 12.4. The standard InChI is InChI=1S/C21H17ClN2O3S3/c1-27-20(26)12-7-8-14-16(11-12)30-21(24(14)9-10-28-2)23-19(25)18-17(22)13-5-3-4-6-15(13)29-18/h3-8,11H,9-10H2,1-2H3. The maximum Gasteiger partial charge on any atom is 0.337 e. The molecule has 0 bridgehead atoms. The molecule has 0 aliphatic rings. The summed E-state index contributed by atoms with van der Waals surface area (Å²) in [7, 11) is 1.35. The second kappa shape index (κ2) is 8.93. The molecule has 2 aromatic carbocycles. The Bertz CT molecular complexity index is 1340. The van der Waals surface area contributed by atoms with Crippen LogP contribution in [-0.4, -0.2) is 35.6 Å². The van der Waals surface area contributed by atoms with Crippen molar-refractivity contribution in [3.8, 4) is 0 Å². The molecule has 4 rings (SSSR count). The summed E-state index contributed by atoms with van der Waals surface area (Å²) in [4.78, 5) is 30.3. The molecule has 0 N–H and O–H groups in total. The Morgan fingerprint density at radius 3 is 2.70 bits per heavy atom. The summed E-state index contributed by atoms with van der Waals surface area (Å²) in [5.74, 6) is 0.113. The van der Waals surface area contributed by atoms with Gasteiger partial charge in [0.2, 0.25) is 0 Å². The second-order valence-electron chi connectivity index (χ2n) is 6.36. The number of amides is 1. The van der Waals surface area contributed by atoms with Crippen molar-refractivity contribution >= 4 is 78.2 Å². The summed E-state index contributed by atoms with van der Waals surface area (Å²) in [6.45, 7) is 0.699. The lowest BCUT2D eigenvalue weighted by Crippen LogP contribution is -2.18. The van der Waals surface area contributed by atoms with E-state index in [0.717, 1.165) is 26.1 Å². The first-order valence-electron chi connectivity index (χ1n) is 9.00. The lowest BCUT2D eigenvalue weighted by Gasteiger charge is -2.04. The zero-order valence-electron chi connectivity index (χ0n) is 16.2. The summed E-state index contributed by atoms with van der Waals surface area (Å²) in [6, 6.07) is 13.0. The molecule has 0 radical (unpaired) electrons. The number of methoxy groups -OCH3 is 1. The van der Waals surface area contributed by atoms with Crippen LogP contribution in [0.4, 0.5) is 0 Å². The van der Waals surface area contributed by atoms with Crippen LogP contribution in [0.2, 0.25) is 5.02 Å². The first-order chi connectivity index (χ1) is 14.5. The minimum atomic E-state index is -0.396. The smallest absolute Gasteiger partial charge is 0.337 e. The number of esters is 1. The van der Waals surface area contributed by atoms with Crippen LogP contribution in [0, 0.1) is 0 Å². The molecule has 0 atom stereocenters. The molecular weight excluding hydrogens is 460 g/mol. The number of fused-ring (bicyclic) bond motifs is 2. The van der Waals surface area contributed by atoms with Crippen LogP contribution < -0.4 is 4.80 Å². The number of hydrogen-bond acceptors (Lipinski definition) is 6. The van der Waals surface area contributed by atoms with Crippen molar-refractivity contribution in [3.63, 3.8) is 0 Å². The number of thiazole rings is 1. The van der Waals surface area contributed by atoms with Crippen molar-refractivity contribution in [1.29, 1.82) is 0 Å². The van der Waals surface area contributed by atoms with Crippen molar-refractivity contribution in [2.24, 2.45) is 4.99 Å². The molecule has 2 aromatic heterocycles. The maximum absolute atomic E-state index is 13.0. The highest BCUT2D eigenvalue weighted by Gasteiger charge is 2.18. The number of thiophene rings is 1. The Morgan fingerprint density at radius 1 is 1.17 bits per heavy atom. The molecule has 0 saturated heterocycles. The Kier molecular flexibility index (Phi) is 6.29. The zero-order chi connectivity index (χ0) is 21.3. The number of thioether (sulfide) groups is 1. The summed E-state index contributed by atoms with van der Waals surface area (Å²) in [5.41, 5.74) is 1.39. The van der Waals surface area contributed by atoms with Gasteiger partial charge in [0.05, 0.1) is 27.9 Å². The quantitative estimate of drug-likeness (QED) is 0.359. The predicted molar refractivity (Wildman–Crippen MR) is 126 cm³/mol. The van der Waals surface area contributed by atoms with Gasteiger partial charge >= 0.3 is 5.97 Å². The molecule has 0 aliphatic carbocycles. The summed E-state index contributed by atoms with van der Waals surface area (Å²) in [5, 5.41) is 1.30. The maximum atomic E-state index is 13.0. The van der Waals surface area contributed by atoms with E-state index in [1.807, 2.05) is 41.2 Å². The highest BCUT2D eigenvalue weighted by Crippen LogP contribution is 2.35. The van der Waals surface area contributed by atoms with Gasteiger partial charge in [0.1, 0.15) is 4.88 Å². The lowest BCUT2D eigenvalue weighted by molar-refractivity contribution is 0.0601. The van der Waals surface area contributed by atoms with E-state index >= 15 is 0 Å². The molecule has 0 spiro atoms. The molecule has 0 aliphatic heterocycles. The summed E-state index contributed by atoms with van der Waals surface area (Å²) >= 11 is 10.9. The van der Waals surface area contributed by atoms with Gasteiger partial charge in [0.15, 0.2) is 4.80 Å². The Labute approximate surface area is 190 Å². The number of halogens is 1. The number of rotatable bonds is 5. The number of carbonyl (C=O) groups excluding carboxylic acids is 2. The SMILES string of the molecule is COC(=O)c1ccc2c(c1)sc(=NC(=O)c1sc3ccccc3c1Cl)n2CCSC. The van der Waals surface area contributed by atoms with E-state index in [4.69, 9.17) is 16.3 Å². The van der Waals surface area contributed by atoms with Crippen LogP contribution in [0.5, 0.6) is 0 Å². The molecule has 2 heterocycles. The number of aromatic nitrogens is 1. The highest BCUT2D eigenvalue weighted by molar-refractivity contribution is 7.98. The second-order valence-corrected chi connectivity index (χ2v) is 9.79. The number of aryl methyl sites for hydroxylation is 1. The van der Waals surface area contributed by atoms with Gasteiger partial charge in [0, 0.05) is 22.4 Å². The van der Waals surface area contributed by atoms with Crippen LogP contribution in [0.15, 0.2) is 47.5 Å². The Morgan fingerprint density at radius 2 is 1.97 bits per heavy atom. The Hall–Kier alpha value is -2.13. The van der Waals surface area contributed by atoms with Crippen LogP contribution in [-0.2, 0) is 11.3 Å². The topological polar surface area (TPSA) is 60.7 Å². The van der Waals surface area contributed by atoms with E-state index < -0.39 is 5.97 Å². The minimum Gasteiger partial charge on any atom is -0.465 e. The van der Waals surface area contributed by atoms with E-state index in [9.17, 15) is 9.59 Å². The van der Waals surface area contributed by atoms with E-state index in [1.54, 1.807) is 23.9 Å². The van der Waals surface area contributed by atoms with Gasteiger partial charge < -0.3 is 9.30 Å². The van der Waals surface area contributed by atoms with Crippen molar-refractivity contribution < 1.29 is 14.3 Å². The predicted octanol–water partition coefficient (Wildman–Crippen LogP) is 5.46. The highest BCUT2D eigenvalue weighted by atomic mass is 35.5. The first kappa shape index (κ1) is 21.1. The third-order valence-corrected chi connectivity index (χ3v) is 7.84. The Balaban J connectivity index is 1.84. The zero-order valence-corrected chi connectivity index (χ0v) is 19.4. The molecule has 30 heavy (non-hydrogen) atoms. The summed E-state index contributed by atoms with van der Waals surface area (Å²) < 4.78 is 8.65. The normalized spacial score (nSPS) is 12.0. The van der Waals surface area contributed by atoms with Crippen molar-refractivity contribution in [3.05, 3.63) is 62.7 Å². The van der Waals surface area contributed by atoms with Gasteiger partial charge in [-0.05, 0) is 30.5 Å². The summed E-state index contributed by atoms with van der Waals surface area (Å²) in [6.07, 6.45) is 2.03. The average Bonchev–Trinajstić information content (AvgIpc) is 3.28. The van der Waals surface area contributed by atoms with Crippen LogP contribution >= 0.6 is 46.0 Å². The number of benzene rings is 2. The molecule has 9 heteroatoms. The van der Waals surface area contributed by atoms with Crippen LogP contribution in [0.25, 0.3) is 20.3 Å². The monoisotopic (exact) mass is 476 g/mol.